The summed E-state index contributed by atoms with van der Waals surface area (Å²) in [4.78, 5) is 18.5. The van der Waals surface area contributed by atoms with Crippen molar-refractivity contribution in [3.8, 4) is 5.75 Å². The predicted molar refractivity (Wildman–Crippen MR) is 142 cm³/mol. The number of rotatable bonds is 11. The molecule has 0 saturated carbocycles. The van der Waals surface area contributed by atoms with Gasteiger partial charge >= 0.3 is 5.97 Å². The highest BCUT2D eigenvalue weighted by Crippen LogP contribution is 2.41. The zero-order chi connectivity index (χ0) is 28.2. The Morgan fingerprint density at radius 2 is 1.90 bits per heavy atom. The second-order valence-corrected chi connectivity index (χ2v) is 10.9. The lowest BCUT2D eigenvalue weighted by atomic mass is 9.74. The van der Waals surface area contributed by atoms with E-state index in [1.165, 1.54) is 7.11 Å². The molecule has 1 atom stereocenters. The molecule has 0 unspecified atom stereocenters. The van der Waals surface area contributed by atoms with Gasteiger partial charge in [0.1, 0.15) is 29.4 Å². The minimum atomic E-state index is -1.44. The van der Waals surface area contributed by atoms with E-state index in [1.54, 1.807) is 24.4 Å². The summed E-state index contributed by atoms with van der Waals surface area (Å²) in [7, 11) is 1.52. The van der Waals surface area contributed by atoms with Crippen LogP contribution in [0.5, 0.6) is 5.75 Å². The molecule has 4 rings (SSSR count). The molecule has 0 spiro atoms. The highest BCUT2D eigenvalue weighted by Gasteiger charge is 2.41. The Bertz CT molecular complexity index is 1310. The second kappa shape index (κ2) is 12.5. The highest BCUT2D eigenvalue weighted by atomic mass is 32.2. The van der Waals surface area contributed by atoms with Gasteiger partial charge in [-0.25, -0.2) is 17.6 Å². The molecule has 2 aromatic carbocycles. The van der Waals surface area contributed by atoms with E-state index in [0.29, 0.717) is 78.1 Å². The third-order valence-electron chi connectivity index (χ3n) is 7.49. The Hall–Kier alpha value is -2.89. The number of nitrogens with two attached hydrogens (primary N) is 1. The molecule has 39 heavy (non-hydrogen) atoms. The maximum absolute atomic E-state index is 15.8. The summed E-state index contributed by atoms with van der Waals surface area (Å²) in [5.41, 5.74) is 6.38. The SMILES string of the molecule is COc1ccc2ncc(CN)c([C@@H](F)CCC3(C(=O)O)CCN(CCSc4c(F)cc(F)cc4F)CC3)c2c1. The van der Waals surface area contributed by atoms with Crippen molar-refractivity contribution in [1.29, 1.82) is 0 Å². The van der Waals surface area contributed by atoms with Crippen molar-refractivity contribution in [2.45, 2.75) is 43.3 Å². The smallest absolute Gasteiger partial charge is 0.309 e. The van der Waals surface area contributed by atoms with Gasteiger partial charge in [-0.05, 0) is 62.5 Å². The number of piperidine rings is 1. The molecule has 2 heterocycles. The van der Waals surface area contributed by atoms with Gasteiger partial charge < -0.3 is 20.5 Å². The van der Waals surface area contributed by atoms with Crippen LogP contribution in [0.4, 0.5) is 17.6 Å². The second-order valence-electron chi connectivity index (χ2n) is 9.76. The first-order chi connectivity index (χ1) is 18.7. The molecule has 11 heteroatoms. The normalized spacial score (nSPS) is 16.4. The number of aromatic nitrogens is 1. The number of alkyl halides is 1. The van der Waals surface area contributed by atoms with Crippen LogP contribution in [0.3, 0.4) is 0 Å². The predicted octanol–water partition coefficient (Wildman–Crippen LogP) is 5.87. The van der Waals surface area contributed by atoms with Gasteiger partial charge in [-0.3, -0.25) is 9.78 Å². The summed E-state index contributed by atoms with van der Waals surface area (Å²) in [6, 6.07) is 6.50. The fraction of sp³-hybridized carbons (Fsp3) is 0.429. The van der Waals surface area contributed by atoms with Gasteiger partial charge in [-0.2, -0.15) is 0 Å². The van der Waals surface area contributed by atoms with E-state index in [-0.39, 0.29) is 24.3 Å². The lowest BCUT2D eigenvalue weighted by Crippen LogP contribution is -2.45. The number of hydrogen-bond donors (Lipinski definition) is 2. The monoisotopic (exact) mass is 565 g/mol. The van der Waals surface area contributed by atoms with Crippen LogP contribution in [0, 0.1) is 22.9 Å². The summed E-state index contributed by atoms with van der Waals surface area (Å²) >= 11 is 0.952. The molecule has 3 N–H and O–H groups in total. The van der Waals surface area contributed by atoms with Crippen LogP contribution in [-0.4, -0.2) is 53.5 Å². The number of aliphatic carboxylic acids is 1. The fourth-order valence-electron chi connectivity index (χ4n) is 5.16. The largest absolute Gasteiger partial charge is 0.497 e. The van der Waals surface area contributed by atoms with Crippen LogP contribution >= 0.6 is 11.8 Å². The molecule has 1 aliphatic rings. The quantitative estimate of drug-likeness (QED) is 0.222. The van der Waals surface area contributed by atoms with E-state index in [9.17, 15) is 23.1 Å². The third-order valence-corrected chi connectivity index (χ3v) is 8.56. The van der Waals surface area contributed by atoms with Gasteiger partial charge in [0, 0.05) is 48.1 Å². The van der Waals surface area contributed by atoms with E-state index in [4.69, 9.17) is 10.5 Å². The lowest BCUT2D eigenvalue weighted by Gasteiger charge is -2.39. The Morgan fingerprint density at radius 1 is 1.21 bits per heavy atom. The number of halogens is 4. The minimum absolute atomic E-state index is 0.00853. The number of ether oxygens (including phenoxy) is 1. The minimum Gasteiger partial charge on any atom is -0.497 e. The lowest BCUT2D eigenvalue weighted by molar-refractivity contribution is -0.153. The number of thioether (sulfide) groups is 1. The van der Waals surface area contributed by atoms with Crippen LogP contribution in [0.2, 0.25) is 0 Å². The van der Waals surface area contributed by atoms with Gasteiger partial charge in [0.05, 0.1) is 22.9 Å². The molecule has 1 aromatic heterocycles. The highest BCUT2D eigenvalue weighted by molar-refractivity contribution is 7.99. The zero-order valence-corrected chi connectivity index (χ0v) is 22.4. The van der Waals surface area contributed by atoms with Crippen LogP contribution in [0.25, 0.3) is 10.9 Å². The summed E-state index contributed by atoms with van der Waals surface area (Å²) in [5.74, 6) is -2.90. The number of methoxy groups -OCH3 is 1. The number of carboxylic acids is 1. The molecule has 0 radical (unpaired) electrons. The Kier molecular flexibility index (Phi) is 9.35. The molecule has 1 fully saturated rings. The van der Waals surface area contributed by atoms with Crippen molar-refractivity contribution in [1.82, 2.24) is 9.88 Å². The maximum atomic E-state index is 15.8. The molecule has 1 saturated heterocycles. The standard InChI is InChI=1S/C28H31F4N3O3S/c1-38-19-2-3-24-20(14-19)25(17(15-33)16-34-24)21(30)4-5-28(27(36)37)6-8-35(9-7-28)10-11-39-26-22(31)12-18(29)13-23(26)32/h2-3,12-14,16,21H,4-11,15,33H2,1H3,(H,36,37)/t21-/m0/s1. The molecular formula is C28H31F4N3O3S. The summed E-state index contributed by atoms with van der Waals surface area (Å²) in [6.45, 7) is 1.50. The van der Waals surface area contributed by atoms with Gasteiger partial charge in [0.15, 0.2) is 0 Å². The number of likely N-dealkylation sites (tertiary alicyclic amines) is 1. The van der Waals surface area contributed by atoms with Crippen molar-refractivity contribution in [2.75, 3.05) is 32.5 Å². The Balaban J connectivity index is 1.39. The Morgan fingerprint density at radius 3 is 2.51 bits per heavy atom. The Labute approximate surface area is 228 Å². The maximum Gasteiger partial charge on any atom is 0.309 e. The van der Waals surface area contributed by atoms with Crippen molar-refractivity contribution in [3.05, 3.63) is 65.1 Å². The number of fused-ring (bicyclic) bond motifs is 1. The number of carbonyl (C=O) groups is 1. The molecule has 0 bridgehead atoms. The van der Waals surface area contributed by atoms with Gasteiger partial charge in [-0.1, -0.05) is 0 Å². The number of hydrogen-bond acceptors (Lipinski definition) is 6. The first-order valence-corrected chi connectivity index (χ1v) is 13.7. The fourth-order valence-corrected chi connectivity index (χ4v) is 6.11. The topological polar surface area (TPSA) is 88.7 Å². The number of pyridine rings is 1. The van der Waals surface area contributed by atoms with E-state index in [1.807, 2.05) is 4.90 Å². The zero-order valence-electron chi connectivity index (χ0n) is 21.6. The van der Waals surface area contributed by atoms with Crippen molar-refractivity contribution < 1.29 is 32.2 Å². The summed E-state index contributed by atoms with van der Waals surface area (Å²) in [6.07, 6.45) is 0.933. The van der Waals surface area contributed by atoms with Crippen LogP contribution in [-0.2, 0) is 11.3 Å². The van der Waals surface area contributed by atoms with Crippen molar-refractivity contribution in [3.63, 3.8) is 0 Å². The van der Waals surface area contributed by atoms with E-state index in [2.05, 4.69) is 4.98 Å². The van der Waals surface area contributed by atoms with E-state index >= 15 is 4.39 Å². The van der Waals surface area contributed by atoms with Crippen LogP contribution in [0.15, 0.2) is 41.4 Å². The van der Waals surface area contributed by atoms with Gasteiger partial charge in [0.25, 0.3) is 0 Å². The van der Waals surface area contributed by atoms with E-state index in [0.717, 1.165) is 11.8 Å². The average molecular weight is 566 g/mol. The van der Waals surface area contributed by atoms with Gasteiger partial charge in [0.2, 0.25) is 0 Å². The van der Waals surface area contributed by atoms with Crippen LogP contribution < -0.4 is 10.5 Å². The summed E-state index contributed by atoms with van der Waals surface area (Å²) in [5, 5.41) is 10.7. The number of nitrogens with zero attached hydrogens (tertiary/aromatic N) is 2. The molecule has 210 valence electrons. The molecular weight excluding hydrogens is 534 g/mol. The molecule has 6 nitrogen and oxygen atoms in total. The first kappa shape index (κ1) is 29.1. The summed E-state index contributed by atoms with van der Waals surface area (Å²) < 4.78 is 62.0. The van der Waals surface area contributed by atoms with Crippen molar-refractivity contribution >= 4 is 28.6 Å². The van der Waals surface area contributed by atoms with Gasteiger partial charge in [-0.15, -0.1) is 11.8 Å². The third kappa shape index (κ3) is 6.47. The first-order valence-electron chi connectivity index (χ1n) is 12.7. The molecule has 1 aliphatic heterocycles. The number of benzene rings is 2. The van der Waals surface area contributed by atoms with E-state index < -0.39 is 35.0 Å². The van der Waals surface area contributed by atoms with Crippen molar-refractivity contribution in [2.24, 2.45) is 11.1 Å². The molecule has 3 aromatic rings. The number of carboxylic acid groups (broad SMARTS) is 1. The average Bonchev–Trinajstić information content (AvgIpc) is 2.92. The molecule has 0 amide bonds. The molecule has 0 aliphatic carbocycles. The van der Waals surface area contributed by atoms with Crippen LogP contribution in [0.1, 0.15) is 43.0 Å².